The molecule has 0 aliphatic carbocycles. The van der Waals surface area contributed by atoms with Crippen LogP contribution in [0, 0.1) is 0 Å². The number of carboxylic acids is 1. The maximum atomic E-state index is 10.9. The number of nitrogens with zero attached hydrogens (tertiary/aromatic N) is 4. The van der Waals surface area contributed by atoms with E-state index in [9.17, 15) is 4.79 Å². The molecule has 18 heavy (non-hydrogen) atoms. The van der Waals surface area contributed by atoms with E-state index in [1.165, 1.54) is 12.5 Å². The van der Waals surface area contributed by atoms with E-state index in [2.05, 4.69) is 20.4 Å². The summed E-state index contributed by atoms with van der Waals surface area (Å²) in [7, 11) is 1.84. The Morgan fingerprint density at radius 1 is 1.50 bits per heavy atom. The van der Waals surface area contributed by atoms with Crippen LogP contribution in [0.2, 0.25) is 0 Å². The van der Waals surface area contributed by atoms with Gasteiger partial charge in [-0.1, -0.05) is 0 Å². The summed E-state index contributed by atoms with van der Waals surface area (Å²) in [5, 5.41) is 16.3. The largest absolute Gasteiger partial charge is 0.478 e. The molecular formula is C11H13N5O2. The third-order valence-corrected chi connectivity index (χ3v) is 2.39. The molecule has 0 radical (unpaired) electrons. The van der Waals surface area contributed by atoms with Crippen molar-refractivity contribution in [1.29, 1.82) is 0 Å². The summed E-state index contributed by atoms with van der Waals surface area (Å²) in [6.45, 7) is 0.921. The molecule has 2 aromatic rings. The first-order chi connectivity index (χ1) is 8.66. The third kappa shape index (κ3) is 2.89. The summed E-state index contributed by atoms with van der Waals surface area (Å²) < 4.78 is 1.71. The molecular weight excluding hydrogens is 234 g/mol. The van der Waals surface area contributed by atoms with Gasteiger partial charge < -0.3 is 10.4 Å². The fourth-order valence-electron chi connectivity index (χ4n) is 1.54. The average Bonchev–Trinajstić information content (AvgIpc) is 2.75. The Hall–Kier alpha value is -2.28. The smallest absolute Gasteiger partial charge is 0.339 e. The number of hydrogen-bond acceptors (Lipinski definition) is 5. The van der Waals surface area contributed by atoms with Crippen LogP contribution in [0.1, 0.15) is 21.7 Å². The van der Waals surface area contributed by atoms with Crippen molar-refractivity contribution < 1.29 is 9.90 Å². The van der Waals surface area contributed by atoms with Gasteiger partial charge in [0.05, 0.1) is 11.4 Å². The third-order valence-electron chi connectivity index (χ3n) is 2.39. The van der Waals surface area contributed by atoms with Crippen LogP contribution in [0.15, 0.2) is 24.8 Å². The number of hydrogen-bond donors (Lipinski definition) is 2. The second kappa shape index (κ2) is 5.37. The minimum absolute atomic E-state index is 0.117. The molecule has 0 aliphatic heterocycles. The number of nitrogens with one attached hydrogen (secondary N) is 1. The Morgan fingerprint density at radius 3 is 3.00 bits per heavy atom. The summed E-state index contributed by atoms with van der Waals surface area (Å²) in [6, 6.07) is 1.89. The molecule has 0 aromatic carbocycles. The molecule has 2 rings (SSSR count). The topological polar surface area (TPSA) is 92.9 Å². The fraction of sp³-hybridized carbons (Fsp3) is 0.273. The summed E-state index contributed by atoms with van der Waals surface area (Å²) >= 11 is 0. The van der Waals surface area contributed by atoms with Crippen LogP contribution in [0.25, 0.3) is 0 Å². The zero-order chi connectivity index (χ0) is 13.0. The van der Waals surface area contributed by atoms with Gasteiger partial charge in [0, 0.05) is 32.5 Å². The monoisotopic (exact) mass is 247 g/mol. The summed E-state index contributed by atoms with van der Waals surface area (Å²) in [5.74, 6) is -1.02. The number of carboxylic acid groups (broad SMARTS) is 1. The van der Waals surface area contributed by atoms with Crippen LogP contribution in [-0.4, -0.2) is 30.8 Å². The first-order valence-electron chi connectivity index (χ1n) is 5.38. The predicted octanol–water partition coefficient (Wildman–Crippen LogP) is 0.198. The first kappa shape index (κ1) is 12.2. The van der Waals surface area contributed by atoms with Crippen molar-refractivity contribution in [2.24, 2.45) is 7.05 Å². The Morgan fingerprint density at radius 2 is 2.33 bits per heavy atom. The van der Waals surface area contributed by atoms with E-state index in [1.54, 1.807) is 4.68 Å². The van der Waals surface area contributed by atoms with E-state index in [1.807, 2.05) is 19.3 Å². The lowest BCUT2D eigenvalue weighted by Crippen LogP contribution is -2.17. The second-order valence-electron chi connectivity index (χ2n) is 3.77. The van der Waals surface area contributed by atoms with Gasteiger partial charge in [-0.05, 0) is 6.07 Å². The summed E-state index contributed by atoms with van der Waals surface area (Å²) in [6.07, 6.45) is 4.49. The first-order valence-corrected chi connectivity index (χ1v) is 5.38. The van der Waals surface area contributed by atoms with Crippen molar-refractivity contribution in [2.75, 3.05) is 0 Å². The van der Waals surface area contributed by atoms with Gasteiger partial charge >= 0.3 is 5.97 Å². The lowest BCUT2D eigenvalue weighted by molar-refractivity contribution is 0.0694. The normalized spacial score (nSPS) is 10.5. The molecule has 7 heteroatoms. The van der Waals surface area contributed by atoms with E-state index in [0.717, 1.165) is 5.69 Å². The molecule has 2 aromatic heterocycles. The number of aromatic carboxylic acids is 1. The molecule has 7 nitrogen and oxygen atoms in total. The second-order valence-corrected chi connectivity index (χ2v) is 3.77. The molecule has 0 fully saturated rings. The molecule has 0 saturated carbocycles. The van der Waals surface area contributed by atoms with Crippen molar-refractivity contribution in [1.82, 2.24) is 25.1 Å². The SMILES string of the molecule is Cn1ccc(CNCc2ncncc2C(=O)O)n1. The lowest BCUT2D eigenvalue weighted by Gasteiger charge is -2.04. The van der Waals surface area contributed by atoms with Gasteiger partial charge in [-0.2, -0.15) is 5.10 Å². The summed E-state index contributed by atoms with van der Waals surface area (Å²) in [5.41, 5.74) is 1.47. The van der Waals surface area contributed by atoms with Gasteiger partial charge in [-0.3, -0.25) is 4.68 Å². The van der Waals surface area contributed by atoms with Crippen LogP contribution >= 0.6 is 0 Å². The predicted molar refractivity (Wildman–Crippen MR) is 62.7 cm³/mol. The molecule has 0 amide bonds. The molecule has 0 spiro atoms. The van der Waals surface area contributed by atoms with Gasteiger partial charge in [0.25, 0.3) is 0 Å². The van der Waals surface area contributed by atoms with Crippen molar-refractivity contribution in [3.63, 3.8) is 0 Å². The van der Waals surface area contributed by atoms with Gasteiger partial charge in [0.1, 0.15) is 11.9 Å². The quantitative estimate of drug-likeness (QED) is 0.784. The number of aromatic nitrogens is 4. The molecule has 2 N–H and O–H groups in total. The van der Waals surface area contributed by atoms with Gasteiger partial charge in [0.15, 0.2) is 0 Å². The highest BCUT2D eigenvalue weighted by molar-refractivity contribution is 5.88. The maximum absolute atomic E-state index is 10.9. The van der Waals surface area contributed by atoms with E-state index < -0.39 is 5.97 Å². The van der Waals surface area contributed by atoms with Crippen LogP contribution < -0.4 is 5.32 Å². The molecule has 0 saturated heterocycles. The molecule has 0 atom stereocenters. The average molecular weight is 247 g/mol. The van der Waals surface area contributed by atoms with Crippen molar-refractivity contribution in [3.8, 4) is 0 Å². The highest BCUT2D eigenvalue weighted by atomic mass is 16.4. The van der Waals surface area contributed by atoms with Crippen LogP contribution in [-0.2, 0) is 20.1 Å². The van der Waals surface area contributed by atoms with E-state index in [0.29, 0.717) is 18.8 Å². The Labute approximate surface area is 104 Å². The molecule has 0 unspecified atom stereocenters. The Kier molecular flexibility index (Phi) is 3.63. The van der Waals surface area contributed by atoms with Gasteiger partial charge in [-0.25, -0.2) is 14.8 Å². The number of aryl methyl sites for hydroxylation is 1. The minimum atomic E-state index is -1.02. The Bertz CT molecular complexity index is 552. The zero-order valence-corrected chi connectivity index (χ0v) is 9.87. The number of carbonyl (C=O) groups is 1. The minimum Gasteiger partial charge on any atom is -0.478 e. The van der Waals surface area contributed by atoms with Crippen molar-refractivity contribution in [3.05, 3.63) is 41.7 Å². The van der Waals surface area contributed by atoms with E-state index in [-0.39, 0.29) is 5.56 Å². The standard InChI is InChI=1S/C11H13N5O2/c1-16-3-2-8(15-16)4-12-6-10-9(11(17)18)5-13-7-14-10/h2-3,5,7,12H,4,6H2,1H3,(H,17,18). The highest BCUT2D eigenvalue weighted by Crippen LogP contribution is 2.03. The van der Waals surface area contributed by atoms with E-state index in [4.69, 9.17) is 5.11 Å². The number of rotatable bonds is 5. The zero-order valence-electron chi connectivity index (χ0n) is 9.87. The maximum Gasteiger partial charge on any atom is 0.339 e. The highest BCUT2D eigenvalue weighted by Gasteiger charge is 2.10. The molecule has 2 heterocycles. The van der Waals surface area contributed by atoms with Crippen molar-refractivity contribution in [2.45, 2.75) is 13.1 Å². The van der Waals surface area contributed by atoms with Crippen molar-refractivity contribution >= 4 is 5.97 Å². The molecule has 0 aliphatic rings. The lowest BCUT2D eigenvalue weighted by atomic mass is 10.2. The fourth-order valence-corrected chi connectivity index (χ4v) is 1.54. The Balaban J connectivity index is 1.96. The summed E-state index contributed by atoms with van der Waals surface area (Å²) in [4.78, 5) is 18.6. The van der Waals surface area contributed by atoms with E-state index >= 15 is 0 Å². The van der Waals surface area contributed by atoms with Gasteiger partial charge in [0.2, 0.25) is 0 Å². The molecule has 94 valence electrons. The van der Waals surface area contributed by atoms with Crippen LogP contribution in [0.5, 0.6) is 0 Å². The molecule has 0 bridgehead atoms. The van der Waals surface area contributed by atoms with Gasteiger partial charge in [-0.15, -0.1) is 0 Å². The van der Waals surface area contributed by atoms with Crippen LogP contribution in [0.3, 0.4) is 0 Å². The van der Waals surface area contributed by atoms with Crippen LogP contribution in [0.4, 0.5) is 0 Å².